The monoisotopic (exact) mass is 275 g/mol. The van der Waals surface area contributed by atoms with Gasteiger partial charge in [-0.25, -0.2) is 8.42 Å². The predicted octanol–water partition coefficient (Wildman–Crippen LogP) is 2.81. The molecule has 0 saturated carbocycles. The third kappa shape index (κ3) is 3.18. The molecule has 0 atom stereocenters. The molecule has 0 aliphatic rings. The number of hydrogen-bond donors (Lipinski definition) is 0. The summed E-state index contributed by atoms with van der Waals surface area (Å²) in [5.41, 5.74) is 8.57. The van der Waals surface area contributed by atoms with Gasteiger partial charge >= 0.3 is 0 Å². The summed E-state index contributed by atoms with van der Waals surface area (Å²) in [7, 11) is -3.88. The van der Waals surface area contributed by atoms with Crippen molar-refractivity contribution < 1.29 is 8.42 Å². The molecule has 96 valence electrons. The second-order valence-corrected chi connectivity index (χ2v) is 4.90. The van der Waals surface area contributed by atoms with Gasteiger partial charge in [-0.05, 0) is 30.1 Å². The fourth-order valence-corrected chi connectivity index (χ4v) is 2.13. The maximum Gasteiger partial charge on any atom is 0.229 e. The molecule has 0 saturated heterocycles. The molecular weight excluding hydrogens is 268 g/mol. The van der Waals surface area contributed by atoms with Crippen LogP contribution in [0.5, 0.6) is 0 Å². The van der Waals surface area contributed by atoms with Gasteiger partial charge in [0.15, 0.2) is 0 Å². The molecule has 19 heavy (non-hydrogen) atoms. The molecule has 8 nitrogen and oxygen atoms in total. The van der Waals surface area contributed by atoms with Gasteiger partial charge in [0.25, 0.3) is 0 Å². The largest absolute Gasteiger partial charge is 0.366 e. The van der Waals surface area contributed by atoms with Gasteiger partial charge in [0.05, 0.1) is 4.90 Å². The van der Waals surface area contributed by atoms with Gasteiger partial charge in [-0.2, -0.15) is 0 Å². The van der Waals surface area contributed by atoms with E-state index in [9.17, 15) is 8.42 Å². The minimum Gasteiger partial charge on any atom is -0.366 e. The van der Waals surface area contributed by atoms with Crippen molar-refractivity contribution in [1.29, 1.82) is 0 Å². The number of hydrogen-bond acceptors (Lipinski definition) is 5. The zero-order valence-corrected chi connectivity index (χ0v) is 10.3. The Hall–Kier alpha value is -2.64. The summed E-state index contributed by atoms with van der Waals surface area (Å²) in [5.74, 6) is -0.137. The Kier molecular flexibility index (Phi) is 3.60. The molecule has 0 unspecified atom stereocenters. The number of rotatable bonds is 4. The number of aromatic nitrogens is 2. The van der Waals surface area contributed by atoms with Crippen molar-refractivity contribution >= 4 is 21.7 Å². The highest BCUT2D eigenvalue weighted by atomic mass is 32.2. The van der Waals surface area contributed by atoms with E-state index in [0.717, 1.165) is 0 Å². The SMILES string of the molecule is [N-]=[N+]=Nc1ccc(S(=O)(=O)[N-]c2ncccn2)cc1. The van der Waals surface area contributed by atoms with Crippen LogP contribution in [0.3, 0.4) is 0 Å². The van der Waals surface area contributed by atoms with E-state index in [1.54, 1.807) is 6.07 Å². The van der Waals surface area contributed by atoms with Crippen LogP contribution in [-0.2, 0) is 10.0 Å². The number of nitrogens with zero attached hydrogens (tertiary/aromatic N) is 6. The van der Waals surface area contributed by atoms with Crippen molar-refractivity contribution in [2.24, 2.45) is 5.11 Å². The summed E-state index contributed by atoms with van der Waals surface area (Å²) < 4.78 is 27.3. The molecule has 1 aromatic carbocycles. The minimum absolute atomic E-state index is 0.0307. The Morgan fingerprint density at radius 1 is 1.16 bits per heavy atom. The smallest absolute Gasteiger partial charge is 0.229 e. The van der Waals surface area contributed by atoms with Gasteiger partial charge in [0, 0.05) is 16.5 Å². The van der Waals surface area contributed by atoms with E-state index < -0.39 is 10.0 Å². The van der Waals surface area contributed by atoms with Crippen molar-refractivity contribution in [3.63, 3.8) is 0 Å². The zero-order valence-electron chi connectivity index (χ0n) is 9.45. The van der Waals surface area contributed by atoms with Crippen LogP contribution >= 0.6 is 0 Å². The van der Waals surface area contributed by atoms with Crippen molar-refractivity contribution in [1.82, 2.24) is 9.97 Å². The molecule has 2 rings (SSSR count). The molecule has 9 heteroatoms. The first-order chi connectivity index (χ1) is 9.12. The third-order valence-corrected chi connectivity index (χ3v) is 3.32. The van der Waals surface area contributed by atoms with Crippen LogP contribution in [0.1, 0.15) is 0 Å². The Labute approximate surface area is 108 Å². The lowest BCUT2D eigenvalue weighted by atomic mass is 10.3. The summed E-state index contributed by atoms with van der Waals surface area (Å²) in [6.45, 7) is 0. The van der Waals surface area contributed by atoms with E-state index >= 15 is 0 Å². The highest BCUT2D eigenvalue weighted by Gasteiger charge is 2.11. The fraction of sp³-hybridized carbons (Fsp3) is 0. The van der Waals surface area contributed by atoms with Crippen LogP contribution in [0.15, 0.2) is 52.7 Å². The average molecular weight is 275 g/mol. The van der Waals surface area contributed by atoms with Crippen molar-refractivity contribution in [3.05, 3.63) is 57.9 Å². The molecule has 2 aromatic rings. The zero-order chi connectivity index (χ0) is 13.7. The highest BCUT2D eigenvalue weighted by molar-refractivity contribution is 7.94. The van der Waals surface area contributed by atoms with Crippen LogP contribution in [0, 0.1) is 0 Å². The summed E-state index contributed by atoms with van der Waals surface area (Å²) in [4.78, 5) is 9.99. The third-order valence-electron chi connectivity index (χ3n) is 2.05. The van der Waals surface area contributed by atoms with Gasteiger partial charge in [0.1, 0.15) is 0 Å². The molecule has 0 radical (unpaired) electrons. The van der Waals surface area contributed by atoms with E-state index in [1.165, 1.54) is 36.7 Å². The second kappa shape index (κ2) is 5.34. The lowest BCUT2D eigenvalue weighted by molar-refractivity contribution is 0.603. The highest BCUT2D eigenvalue weighted by Crippen LogP contribution is 2.25. The molecule has 0 N–H and O–H groups in total. The number of sulfonamides is 1. The van der Waals surface area contributed by atoms with E-state index in [2.05, 4.69) is 24.7 Å². The van der Waals surface area contributed by atoms with Gasteiger partial charge < -0.3 is 9.97 Å². The lowest BCUT2D eigenvalue weighted by Crippen LogP contribution is -1.98. The first-order valence-corrected chi connectivity index (χ1v) is 6.46. The van der Waals surface area contributed by atoms with Crippen LogP contribution in [0.2, 0.25) is 0 Å². The van der Waals surface area contributed by atoms with E-state index in [4.69, 9.17) is 5.53 Å². The van der Waals surface area contributed by atoms with Crippen molar-refractivity contribution in [3.8, 4) is 0 Å². The van der Waals surface area contributed by atoms with E-state index in [-0.39, 0.29) is 10.8 Å². The van der Waals surface area contributed by atoms with Gasteiger partial charge in [0.2, 0.25) is 10.0 Å². The van der Waals surface area contributed by atoms with E-state index in [0.29, 0.717) is 5.69 Å². The lowest BCUT2D eigenvalue weighted by Gasteiger charge is -2.11. The van der Waals surface area contributed by atoms with Crippen LogP contribution in [0.25, 0.3) is 15.2 Å². The maximum absolute atomic E-state index is 11.9. The van der Waals surface area contributed by atoms with Crippen LogP contribution < -0.4 is 0 Å². The quantitative estimate of drug-likeness (QED) is 0.483. The Balaban J connectivity index is 2.27. The Morgan fingerprint density at radius 2 is 1.79 bits per heavy atom. The summed E-state index contributed by atoms with van der Waals surface area (Å²) >= 11 is 0. The first kappa shape index (κ1) is 12.8. The van der Waals surface area contributed by atoms with Crippen LogP contribution in [-0.4, -0.2) is 18.4 Å². The van der Waals surface area contributed by atoms with Gasteiger partial charge in [-0.1, -0.05) is 23.3 Å². The number of azide groups is 1. The van der Waals surface area contributed by atoms with E-state index in [1.807, 2.05) is 0 Å². The summed E-state index contributed by atoms with van der Waals surface area (Å²) in [5, 5.41) is 3.34. The standard InChI is InChI=1S/C10H7N6O2S/c11-16-14-8-2-4-9(5-3-8)19(17,18)15-10-12-6-1-7-13-10/h1-7H/q-1. The Morgan fingerprint density at radius 3 is 2.37 bits per heavy atom. The first-order valence-electron chi connectivity index (χ1n) is 5.02. The Bertz CT molecular complexity index is 707. The molecule has 0 amide bonds. The van der Waals surface area contributed by atoms with Crippen molar-refractivity contribution in [2.45, 2.75) is 4.90 Å². The molecular formula is C10H7N6O2S-. The molecule has 1 aromatic heterocycles. The molecule has 1 heterocycles. The topological polar surface area (TPSA) is 123 Å². The second-order valence-electron chi connectivity index (χ2n) is 3.30. The number of benzene rings is 1. The normalized spacial score (nSPS) is 10.5. The molecule has 0 fully saturated rings. The van der Waals surface area contributed by atoms with Crippen molar-refractivity contribution in [2.75, 3.05) is 0 Å². The summed E-state index contributed by atoms with van der Waals surface area (Å²) in [6, 6.07) is 6.92. The van der Waals surface area contributed by atoms with Crippen LogP contribution in [0.4, 0.5) is 11.6 Å². The maximum atomic E-state index is 11.9. The molecule has 0 spiro atoms. The summed E-state index contributed by atoms with van der Waals surface area (Å²) in [6.07, 6.45) is 2.79. The fourth-order valence-electron chi connectivity index (χ4n) is 1.23. The van der Waals surface area contributed by atoms with Gasteiger partial charge in [-0.3, -0.25) is 4.72 Å². The minimum atomic E-state index is -3.88. The van der Waals surface area contributed by atoms with Gasteiger partial charge in [-0.15, -0.1) is 0 Å². The average Bonchev–Trinajstić information content (AvgIpc) is 2.40. The predicted molar refractivity (Wildman–Crippen MR) is 67.5 cm³/mol. The molecule has 0 aliphatic carbocycles. The molecule has 0 bridgehead atoms. The molecule has 0 aliphatic heterocycles.